The van der Waals surface area contributed by atoms with Gasteiger partial charge in [0.1, 0.15) is 4.99 Å². The van der Waals surface area contributed by atoms with E-state index in [1.165, 1.54) is 0 Å². The van der Waals surface area contributed by atoms with Gasteiger partial charge in [0.05, 0.1) is 6.10 Å². The second-order valence-corrected chi connectivity index (χ2v) is 5.56. The first-order chi connectivity index (χ1) is 8.49. The number of hydrogen-bond donors (Lipinski definition) is 2. The van der Waals surface area contributed by atoms with Crippen LogP contribution in [0.4, 0.5) is 5.69 Å². The summed E-state index contributed by atoms with van der Waals surface area (Å²) in [4.78, 5) is 2.71. The molecule has 2 rings (SSSR count). The smallest absolute Gasteiger partial charge is 0.106 e. The highest BCUT2D eigenvalue weighted by Crippen LogP contribution is 2.29. The molecule has 0 saturated carbocycles. The van der Waals surface area contributed by atoms with Crippen LogP contribution in [0.15, 0.2) is 18.2 Å². The molecule has 0 aliphatic carbocycles. The largest absolute Gasteiger partial charge is 0.393 e. The number of nitrogens with two attached hydrogens (primary N) is 1. The minimum absolute atomic E-state index is 0.256. The number of rotatable bonds is 3. The lowest BCUT2D eigenvalue weighted by Gasteiger charge is -2.22. The normalized spacial score (nSPS) is 21.1. The molecule has 2 atom stereocenters. The van der Waals surface area contributed by atoms with E-state index in [0.29, 0.717) is 10.9 Å². The van der Waals surface area contributed by atoms with Crippen molar-refractivity contribution in [1.82, 2.24) is 0 Å². The highest BCUT2D eigenvalue weighted by Gasteiger charge is 2.27. The summed E-state index contributed by atoms with van der Waals surface area (Å²) in [6, 6.07) is 6.19. The molecule has 2 unspecified atom stereocenters. The summed E-state index contributed by atoms with van der Waals surface area (Å²) in [5.41, 5.74) is 9.00. The van der Waals surface area contributed by atoms with Gasteiger partial charge in [-0.05, 0) is 32.4 Å². The fraction of sp³-hybridized carbons (Fsp3) is 0.500. The number of aryl methyl sites for hydroxylation is 1. The molecule has 3 nitrogen and oxygen atoms in total. The molecule has 1 heterocycles. The van der Waals surface area contributed by atoms with E-state index in [1.807, 2.05) is 19.9 Å². The van der Waals surface area contributed by atoms with E-state index in [9.17, 15) is 5.11 Å². The fourth-order valence-electron chi connectivity index (χ4n) is 2.52. The Morgan fingerprint density at radius 1 is 1.56 bits per heavy atom. The summed E-state index contributed by atoms with van der Waals surface area (Å²) in [7, 11) is 0. The van der Waals surface area contributed by atoms with E-state index >= 15 is 0 Å². The van der Waals surface area contributed by atoms with Gasteiger partial charge in [-0.2, -0.15) is 0 Å². The van der Waals surface area contributed by atoms with Crippen molar-refractivity contribution in [1.29, 1.82) is 0 Å². The first-order valence-electron chi connectivity index (χ1n) is 6.32. The van der Waals surface area contributed by atoms with Crippen LogP contribution in [0, 0.1) is 12.8 Å². The van der Waals surface area contributed by atoms with Crippen molar-refractivity contribution in [3.8, 4) is 0 Å². The van der Waals surface area contributed by atoms with Crippen molar-refractivity contribution in [2.24, 2.45) is 11.7 Å². The minimum atomic E-state index is -0.256. The second-order valence-electron chi connectivity index (χ2n) is 5.12. The van der Waals surface area contributed by atoms with Crippen molar-refractivity contribution in [2.75, 3.05) is 18.0 Å². The van der Waals surface area contributed by atoms with E-state index < -0.39 is 0 Å². The van der Waals surface area contributed by atoms with Crippen LogP contribution in [0.5, 0.6) is 0 Å². The Kier molecular flexibility index (Phi) is 3.88. The average molecular weight is 264 g/mol. The molecule has 0 bridgehead atoms. The molecule has 1 aliphatic heterocycles. The Hall–Kier alpha value is -1.13. The maximum Gasteiger partial charge on any atom is 0.106 e. The topological polar surface area (TPSA) is 49.5 Å². The summed E-state index contributed by atoms with van der Waals surface area (Å²) in [6.45, 7) is 5.72. The Balaban J connectivity index is 2.27. The van der Waals surface area contributed by atoms with Crippen LogP contribution in [-0.4, -0.2) is 29.3 Å². The average Bonchev–Trinajstić information content (AvgIpc) is 2.78. The van der Waals surface area contributed by atoms with Crippen LogP contribution in [0.2, 0.25) is 0 Å². The number of nitrogens with zero attached hydrogens (tertiary/aromatic N) is 1. The summed E-state index contributed by atoms with van der Waals surface area (Å²) in [5, 5.41) is 9.66. The molecule has 1 aliphatic rings. The predicted octanol–water partition coefficient (Wildman–Crippen LogP) is 1.84. The van der Waals surface area contributed by atoms with Crippen LogP contribution < -0.4 is 10.6 Å². The highest BCUT2D eigenvalue weighted by atomic mass is 32.1. The molecular weight excluding hydrogens is 244 g/mol. The summed E-state index contributed by atoms with van der Waals surface area (Å²) < 4.78 is 0. The Labute approximate surface area is 114 Å². The van der Waals surface area contributed by atoms with Crippen molar-refractivity contribution in [2.45, 2.75) is 26.4 Å². The Morgan fingerprint density at radius 3 is 2.83 bits per heavy atom. The zero-order valence-electron chi connectivity index (χ0n) is 10.9. The summed E-state index contributed by atoms with van der Waals surface area (Å²) in [5.74, 6) is 0.338. The monoisotopic (exact) mass is 264 g/mol. The number of aliphatic hydroxyl groups excluding tert-OH is 1. The van der Waals surface area contributed by atoms with Gasteiger partial charge >= 0.3 is 0 Å². The zero-order valence-corrected chi connectivity index (χ0v) is 11.7. The van der Waals surface area contributed by atoms with Gasteiger partial charge in [-0.3, -0.25) is 0 Å². The number of benzene rings is 1. The maximum absolute atomic E-state index is 9.66. The van der Waals surface area contributed by atoms with Gasteiger partial charge in [-0.15, -0.1) is 0 Å². The lowest BCUT2D eigenvalue weighted by molar-refractivity contribution is 0.136. The number of anilines is 1. The van der Waals surface area contributed by atoms with E-state index in [2.05, 4.69) is 17.0 Å². The molecule has 98 valence electrons. The van der Waals surface area contributed by atoms with Gasteiger partial charge in [0.25, 0.3) is 0 Å². The molecule has 0 spiro atoms. The molecule has 1 aromatic carbocycles. The van der Waals surface area contributed by atoms with Crippen LogP contribution >= 0.6 is 12.2 Å². The van der Waals surface area contributed by atoms with Crippen molar-refractivity contribution in [3.05, 3.63) is 29.3 Å². The predicted molar refractivity (Wildman–Crippen MR) is 79.1 cm³/mol. The third-order valence-corrected chi connectivity index (χ3v) is 3.89. The molecular formula is C14H20N2OS. The van der Waals surface area contributed by atoms with E-state index in [4.69, 9.17) is 18.0 Å². The Morgan fingerprint density at radius 2 is 2.28 bits per heavy atom. The van der Waals surface area contributed by atoms with Crippen molar-refractivity contribution < 1.29 is 5.11 Å². The summed E-state index contributed by atoms with van der Waals surface area (Å²) in [6.07, 6.45) is 0.760. The third-order valence-electron chi connectivity index (χ3n) is 3.67. The van der Waals surface area contributed by atoms with Crippen LogP contribution in [0.25, 0.3) is 0 Å². The number of aliphatic hydroxyl groups is 1. The lowest BCUT2D eigenvalue weighted by atomic mass is 10.0. The van der Waals surface area contributed by atoms with E-state index in [0.717, 1.165) is 36.3 Å². The quantitative estimate of drug-likeness (QED) is 0.818. The molecule has 0 aromatic heterocycles. The molecule has 4 heteroatoms. The molecule has 18 heavy (non-hydrogen) atoms. The lowest BCUT2D eigenvalue weighted by Crippen LogP contribution is -2.26. The molecule has 1 aromatic rings. The third kappa shape index (κ3) is 2.65. The Bertz CT molecular complexity index is 459. The number of thiocarbonyl (C=S) groups is 1. The summed E-state index contributed by atoms with van der Waals surface area (Å²) >= 11 is 5.13. The minimum Gasteiger partial charge on any atom is -0.393 e. The highest BCUT2D eigenvalue weighted by molar-refractivity contribution is 7.80. The van der Waals surface area contributed by atoms with Gasteiger partial charge < -0.3 is 15.7 Å². The molecule has 1 fully saturated rings. The van der Waals surface area contributed by atoms with Crippen molar-refractivity contribution >= 4 is 22.9 Å². The first kappa shape index (κ1) is 13.3. The molecule has 0 amide bonds. The van der Waals surface area contributed by atoms with Crippen LogP contribution in [-0.2, 0) is 0 Å². The van der Waals surface area contributed by atoms with Gasteiger partial charge in [0, 0.05) is 30.3 Å². The second kappa shape index (κ2) is 5.24. The van der Waals surface area contributed by atoms with Gasteiger partial charge in [-0.1, -0.05) is 23.8 Å². The van der Waals surface area contributed by atoms with Crippen LogP contribution in [0.1, 0.15) is 24.5 Å². The maximum atomic E-state index is 9.66. The first-order valence-corrected chi connectivity index (χ1v) is 6.73. The fourth-order valence-corrected chi connectivity index (χ4v) is 2.69. The van der Waals surface area contributed by atoms with Gasteiger partial charge in [0.2, 0.25) is 0 Å². The van der Waals surface area contributed by atoms with Crippen molar-refractivity contribution in [3.63, 3.8) is 0 Å². The SMILES string of the molecule is Cc1ccc(N2CCC(C(C)O)C2)c(C(N)=S)c1. The van der Waals surface area contributed by atoms with Gasteiger partial charge in [-0.25, -0.2) is 0 Å². The van der Waals surface area contributed by atoms with Crippen LogP contribution in [0.3, 0.4) is 0 Å². The van der Waals surface area contributed by atoms with E-state index in [1.54, 1.807) is 0 Å². The molecule has 0 radical (unpaired) electrons. The molecule has 3 N–H and O–H groups in total. The zero-order chi connectivity index (χ0) is 13.3. The standard InChI is InChI=1S/C14H20N2OS/c1-9-3-4-13(12(7-9)14(15)18)16-6-5-11(8-16)10(2)17/h3-4,7,10-11,17H,5-6,8H2,1-2H3,(H2,15,18). The van der Waals surface area contributed by atoms with E-state index in [-0.39, 0.29) is 6.10 Å². The molecule has 1 saturated heterocycles. The van der Waals surface area contributed by atoms with Gasteiger partial charge in [0.15, 0.2) is 0 Å². The number of hydrogen-bond acceptors (Lipinski definition) is 3.